The van der Waals surface area contributed by atoms with Gasteiger partial charge in [-0.3, -0.25) is 5.10 Å². The Labute approximate surface area is 125 Å². The zero-order valence-electron chi connectivity index (χ0n) is 11.7. The number of hydrogen-bond donors (Lipinski definition) is 2. The minimum atomic E-state index is -0.285. The van der Waals surface area contributed by atoms with E-state index in [2.05, 4.69) is 25.1 Å². The molecule has 3 heterocycles. The molecular weight excluding hydrogens is 284 g/mol. The van der Waals surface area contributed by atoms with Crippen LogP contribution in [0.25, 0.3) is 22.3 Å². The number of ether oxygens (including phenoxy) is 1. The van der Waals surface area contributed by atoms with E-state index in [0.717, 1.165) is 16.5 Å². The zero-order chi connectivity index (χ0) is 14.9. The highest BCUT2D eigenvalue weighted by atomic mass is 16.5. The first-order chi connectivity index (χ1) is 10.8. The fourth-order valence-electron chi connectivity index (χ4n) is 2.54. The zero-order valence-corrected chi connectivity index (χ0v) is 11.7. The number of morpholine rings is 1. The van der Waals surface area contributed by atoms with Crippen LogP contribution in [0.2, 0.25) is 0 Å². The van der Waals surface area contributed by atoms with E-state index in [1.807, 2.05) is 23.1 Å². The minimum absolute atomic E-state index is 0.285. The van der Waals surface area contributed by atoms with Crippen LogP contribution in [0, 0.1) is 0 Å². The van der Waals surface area contributed by atoms with Gasteiger partial charge < -0.3 is 14.7 Å². The van der Waals surface area contributed by atoms with E-state index < -0.39 is 0 Å². The third kappa shape index (κ3) is 2.23. The second-order valence-electron chi connectivity index (χ2n) is 5.00. The molecule has 0 radical (unpaired) electrons. The van der Waals surface area contributed by atoms with Crippen LogP contribution in [-0.2, 0) is 4.74 Å². The Morgan fingerprint density at radius 2 is 2.00 bits per heavy atom. The van der Waals surface area contributed by atoms with E-state index in [-0.39, 0.29) is 6.01 Å². The molecule has 2 aromatic heterocycles. The van der Waals surface area contributed by atoms with Crippen molar-refractivity contribution >= 4 is 16.9 Å². The number of aromatic nitrogens is 5. The number of nitrogens with zero attached hydrogens (tertiary/aromatic N) is 5. The average molecular weight is 298 g/mol. The van der Waals surface area contributed by atoms with Crippen molar-refractivity contribution in [2.24, 2.45) is 0 Å². The lowest BCUT2D eigenvalue weighted by Gasteiger charge is -2.26. The predicted molar refractivity (Wildman–Crippen MR) is 79.6 cm³/mol. The highest BCUT2D eigenvalue weighted by molar-refractivity contribution is 5.92. The maximum absolute atomic E-state index is 9.86. The number of aromatic amines is 1. The molecule has 2 N–H and O–H groups in total. The normalized spacial score (nSPS) is 15.4. The first-order valence-corrected chi connectivity index (χ1v) is 7.01. The molecule has 1 saturated heterocycles. The maximum Gasteiger partial charge on any atom is 0.319 e. The molecule has 3 aromatic rings. The lowest BCUT2D eigenvalue weighted by Crippen LogP contribution is -2.37. The molecule has 4 rings (SSSR count). The number of nitrogens with one attached hydrogen (secondary N) is 1. The minimum Gasteiger partial charge on any atom is -0.479 e. The lowest BCUT2D eigenvalue weighted by molar-refractivity contribution is 0.122. The molecule has 8 nitrogen and oxygen atoms in total. The van der Waals surface area contributed by atoms with Crippen LogP contribution in [0.3, 0.4) is 0 Å². The van der Waals surface area contributed by atoms with E-state index in [9.17, 15) is 5.11 Å². The van der Waals surface area contributed by atoms with Gasteiger partial charge in [-0.05, 0) is 6.07 Å². The monoisotopic (exact) mass is 298 g/mol. The van der Waals surface area contributed by atoms with Crippen LogP contribution in [-0.4, -0.2) is 56.6 Å². The molecular formula is C14H14N6O2. The Balaban J connectivity index is 1.81. The molecule has 0 spiro atoms. The van der Waals surface area contributed by atoms with Crippen molar-refractivity contribution in [1.29, 1.82) is 0 Å². The largest absolute Gasteiger partial charge is 0.479 e. The third-order valence-corrected chi connectivity index (χ3v) is 3.63. The van der Waals surface area contributed by atoms with Gasteiger partial charge in [0.05, 0.1) is 24.9 Å². The maximum atomic E-state index is 9.86. The highest BCUT2D eigenvalue weighted by Gasteiger charge is 2.18. The summed E-state index contributed by atoms with van der Waals surface area (Å²) in [6.07, 6.45) is 1.72. The summed E-state index contributed by atoms with van der Waals surface area (Å²) in [5, 5.41) is 17.7. The molecule has 112 valence electrons. The Hall–Kier alpha value is -2.74. The van der Waals surface area contributed by atoms with Crippen molar-refractivity contribution in [3.8, 4) is 17.4 Å². The number of aromatic hydroxyl groups is 1. The summed E-state index contributed by atoms with van der Waals surface area (Å²) in [6.45, 7) is 2.63. The summed E-state index contributed by atoms with van der Waals surface area (Å²) in [5.41, 5.74) is 1.70. The average Bonchev–Trinajstić information content (AvgIpc) is 3.03. The van der Waals surface area contributed by atoms with Crippen LogP contribution in [0.15, 0.2) is 24.4 Å². The lowest BCUT2D eigenvalue weighted by atomic mass is 10.1. The van der Waals surface area contributed by atoms with E-state index >= 15 is 0 Å². The van der Waals surface area contributed by atoms with Gasteiger partial charge in [-0.25, -0.2) is 0 Å². The van der Waals surface area contributed by atoms with Gasteiger partial charge in [0.25, 0.3) is 0 Å². The number of fused-ring (bicyclic) bond motifs is 1. The van der Waals surface area contributed by atoms with Gasteiger partial charge in [0.2, 0.25) is 5.95 Å². The van der Waals surface area contributed by atoms with Crippen LogP contribution in [0.4, 0.5) is 5.95 Å². The SMILES string of the molecule is Oc1nc(-c2cccc3[nH]ncc23)nc(N2CCOCC2)n1. The molecule has 0 bridgehead atoms. The molecule has 0 saturated carbocycles. The van der Waals surface area contributed by atoms with Crippen LogP contribution in [0.1, 0.15) is 0 Å². The number of anilines is 1. The first kappa shape index (κ1) is 13.0. The van der Waals surface area contributed by atoms with Crippen molar-refractivity contribution in [3.63, 3.8) is 0 Å². The molecule has 0 atom stereocenters. The fourth-order valence-corrected chi connectivity index (χ4v) is 2.54. The third-order valence-electron chi connectivity index (χ3n) is 3.63. The number of benzene rings is 1. The van der Waals surface area contributed by atoms with Gasteiger partial charge in [-0.1, -0.05) is 12.1 Å². The van der Waals surface area contributed by atoms with Gasteiger partial charge in [-0.15, -0.1) is 0 Å². The molecule has 0 aliphatic carbocycles. The van der Waals surface area contributed by atoms with Gasteiger partial charge in [0.1, 0.15) is 0 Å². The number of hydrogen-bond acceptors (Lipinski definition) is 7. The first-order valence-electron chi connectivity index (χ1n) is 7.01. The predicted octanol–water partition coefficient (Wildman–Crippen LogP) is 0.957. The molecule has 8 heteroatoms. The van der Waals surface area contributed by atoms with Crippen molar-refractivity contribution in [2.45, 2.75) is 0 Å². The van der Waals surface area contributed by atoms with Crippen molar-refractivity contribution in [1.82, 2.24) is 25.1 Å². The standard InChI is InChI=1S/C14H14N6O2/c21-14-17-12(9-2-1-3-11-10(9)8-15-19-11)16-13(18-14)20-4-6-22-7-5-20/h1-3,8H,4-7H2,(H,15,19)(H,16,17,18,21). The second-order valence-corrected chi connectivity index (χ2v) is 5.00. The number of rotatable bonds is 2. The highest BCUT2D eigenvalue weighted by Crippen LogP contribution is 2.27. The summed E-state index contributed by atoms with van der Waals surface area (Å²) >= 11 is 0. The van der Waals surface area contributed by atoms with Gasteiger partial charge in [-0.2, -0.15) is 20.1 Å². The van der Waals surface area contributed by atoms with Crippen molar-refractivity contribution < 1.29 is 9.84 Å². The molecule has 22 heavy (non-hydrogen) atoms. The molecule has 0 unspecified atom stereocenters. The Bertz CT molecular complexity index is 812. The van der Waals surface area contributed by atoms with Crippen LogP contribution < -0.4 is 4.90 Å². The Morgan fingerprint density at radius 3 is 2.86 bits per heavy atom. The molecule has 1 aliphatic rings. The quantitative estimate of drug-likeness (QED) is 0.726. The van der Waals surface area contributed by atoms with Crippen molar-refractivity contribution in [2.75, 3.05) is 31.2 Å². The van der Waals surface area contributed by atoms with Crippen LogP contribution in [0.5, 0.6) is 6.01 Å². The van der Waals surface area contributed by atoms with Gasteiger partial charge in [0, 0.05) is 24.0 Å². The van der Waals surface area contributed by atoms with E-state index in [4.69, 9.17) is 4.74 Å². The summed E-state index contributed by atoms with van der Waals surface area (Å²) in [4.78, 5) is 14.6. The van der Waals surface area contributed by atoms with E-state index in [1.54, 1.807) is 6.20 Å². The summed E-state index contributed by atoms with van der Waals surface area (Å²) in [6, 6.07) is 5.43. The molecule has 1 aromatic carbocycles. The van der Waals surface area contributed by atoms with Gasteiger partial charge >= 0.3 is 6.01 Å². The van der Waals surface area contributed by atoms with Gasteiger partial charge in [0.15, 0.2) is 5.82 Å². The molecule has 1 fully saturated rings. The number of H-pyrrole nitrogens is 1. The second kappa shape index (κ2) is 5.23. The summed E-state index contributed by atoms with van der Waals surface area (Å²) in [7, 11) is 0. The van der Waals surface area contributed by atoms with Crippen LogP contribution >= 0.6 is 0 Å². The summed E-state index contributed by atoms with van der Waals surface area (Å²) in [5.74, 6) is 0.896. The molecule has 1 aliphatic heterocycles. The Kier molecular flexibility index (Phi) is 3.08. The summed E-state index contributed by atoms with van der Waals surface area (Å²) < 4.78 is 5.33. The van der Waals surface area contributed by atoms with E-state index in [1.165, 1.54) is 0 Å². The molecule has 0 amide bonds. The van der Waals surface area contributed by atoms with Crippen molar-refractivity contribution in [3.05, 3.63) is 24.4 Å². The van der Waals surface area contributed by atoms with E-state index in [0.29, 0.717) is 38.1 Å². The topological polar surface area (TPSA) is 100 Å². The smallest absolute Gasteiger partial charge is 0.319 e. The fraction of sp³-hybridized carbons (Fsp3) is 0.286. The Morgan fingerprint density at radius 1 is 1.14 bits per heavy atom.